The summed E-state index contributed by atoms with van der Waals surface area (Å²) in [6.45, 7) is 1.70. The monoisotopic (exact) mass is 430 g/mol. The molecule has 24 heavy (non-hydrogen) atoms. The van der Waals surface area contributed by atoms with Crippen LogP contribution in [0.1, 0.15) is 15.9 Å². The Morgan fingerprint density at radius 1 is 1.17 bits per heavy atom. The summed E-state index contributed by atoms with van der Waals surface area (Å²) in [4.78, 5) is 12.5. The van der Waals surface area contributed by atoms with Crippen LogP contribution >= 0.6 is 27.5 Å². The Labute approximate surface area is 154 Å². The molecule has 0 bridgehead atoms. The number of nitrogens with zero attached hydrogens (tertiary/aromatic N) is 1. The van der Waals surface area contributed by atoms with E-state index in [-0.39, 0.29) is 4.90 Å². The second-order valence-electron chi connectivity index (χ2n) is 5.35. The van der Waals surface area contributed by atoms with Gasteiger partial charge in [0.05, 0.1) is 15.5 Å². The zero-order chi connectivity index (χ0) is 18.1. The Bertz CT molecular complexity index is 898. The first-order chi connectivity index (χ1) is 11.1. The van der Waals surface area contributed by atoms with Gasteiger partial charge in [-0.25, -0.2) is 12.7 Å². The molecule has 5 nitrogen and oxygen atoms in total. The van der Waals surface area contributed by atoms with E-state index in [1.165, 1.54) is 20.2 Å². The highest BCUT2D eigenvalue weighted by Gasteiger charge is 2.20. The number of anilines is 1. The third kappa shape index (κ3) is 3.97. The van der Waals surface area contributed by atoms with Crippen molar-refractivity contribution in [3.63, 3.8) is 0 Å². The van der Waals surface area contributed by atoms with Crippen LogP contribution in [0.25, 0.3) is 0 Å². The molecule has 0 aromatic heterocycles. The van der Waals surface area contributed by atoms with Crippen molar-refractivity contribution >= 4 is 49.1 Å². The summed E-state index contributed by atoms with van der Waals surface area (Å²) in [6.07, 6.45) is 0. The molecular formula is C16H16BrClN2O3S. The molecule has 0 heterocycles. The molecule has 1 amide bonds. The normalized spacial score (nSPS) is 11.6. The third-order valence-corrected chi connectivity index (χ3v) is 6.14. The first-order valence-electron chi connectivity index (χ1n) is 6.92. The van der Waals surface area contributed by atoms with Crippen LogP contribution in [0.3, 0.4) is 0 Å². The summed E-state index contributed by atoms with van der Waals surface area (Å²) in [5.41, 5.74) is 1.28. The molecule has 0 saturated heterocycles. The first kappa shape index (κ1) is 18.9. The molecule has 0 radical (unpaired) electrons. The topological polar surface area (TPSA) is 66.5 Å². The van der Waals surface area contributed by atoms with E-state index < -0.39 is 15.9 Å². The number of benzene rings is 2. The number of rotatable bonds is 4. The predicted molar refractivity (Wildman–Crippen MR) is 99.2 cm³/mol. The Kier molecular flexibility index (Phi) is 5.70. The minimum absolute atomic E-state index is 0.146. The van der Waals surface area contributed by atoms with E-state index in [0.29, 0.717) is 21.8 Å². The van der Waals surface area contributed by atoms with Crippen molar-refractivity contribution < 1.29 is 13.2 Å². The number of sulfonamides is 1. The average molecular weight is 432 g/mol. The molecule has 0 aliphatic rings. The van der Waals surface area contributed by atoms with Crippen LogP contribution in [0, 0.1) is 6.92 Å². The van der Waals surface area contributed by atoms with E-state index in [1.807, 2.05) is 0 Å². The van der Waals surface area contributed by atoms with Gasteiger partial charge in [-0.3, -0.25) is 4.79 Å². The maximum absolute atomic E-state index is 12.4. The highest BCUT2D eigenvalue weighted by atomic mass is 79.9. The van der Waals surface area contributed by atoms with Gasteiger partial charge in [0, 0.05) is 24.3 Å². The second-order valence-corrected chi connectivity index (χ2v) is 8.79. The van der Waals surface area contributed by atoms with Gasteiger partial charge in [0.1, 0.15) is 0 Å². The maximum Gasteiger partial charge on any atom is 0.257 e. The van der Waals surface area contributed by atoms with Crippen molar-refractivity contribution in [3.05, 3.63) is 57.0 Å². The maximum atomic E-state index is 12.4. The highest BCUT2D eigenvalue weighted by Crippen LogP contribution is 2.25. The zero-order valence-electron chi connectivity index (χ0n) is 13.3. The van der Waals surface area contributed by atoms with E-state index in [4.69, 9.17) is 11.6 Å². The molecule has 0 spiro atoms. The fraction of sp³-hybridized carbons (Fsp3) is 0.188. The van der Waals surface area contributed by atoms with Gasteiger partial charge in [0.25, 0.3) is 5.91 Å². The van der Waals surface area contributed by atoms with Gasteiger partial charge in [0.2, 0.25) is 10.0 Å². The molecule has 0 atom stereocenters. The van der Waals surface area contributed by atoms with Crippen LogP contribution in [0.2, 0.25) is 5.02 Å². The lowest BCUT2D eigenvalue weighted by Crippen LogP contribution is -2.23. The Balaban J connectivity index is 2.36. The van der Waals surface area contributed by atoms with Gasteiger partial charge in [0.15, 0.2) is 0 Å². The number of nitrogens with one attached hydrogen (secondary N) is 1. The van der Waals surface area contributed by atoms with Crippen LogP contribution in [-0.2, 0) is 10.0 Å². The molecule has 0 fully saturated rings. The number of amides is 1. The minimum atomic E-state index is -3.59. The van der Waals surface area contributed by atoms with Crippen molar-refractivity contribution in [1.82, 2.24) is 4.31 Å². The van der Waals surface area contributed by atoms with Crippen LogP contribution in [-0.4, -0.2) is 32.7 Å². The lowest BCUT2D eigenvalue weighted by molar-refractivity contribution is 0.102. The molecule has 2 aromatic rings. The summed E-state index contributed by atoms with van der Waals surface area (Å²) >= 11 is 9.35. The van der Waals surface area contributed by atoms with Crippen LogP contribution in [0.5, 0.6) is 0 Å². The van der Waals surface area contributed by atoms with Gasteiger partial charge < -0.3 is 5.32 Å². The summed E-state index contributed by atoms with van der Waals surface area (Å²) in [6, 6.07) is 9.65. The number of hydrogen-bond acceptors (Lipinski definition) is 3. The van der Waals surface area contributed by atoms with Crippen molar-refractivity contribution in [1.29, 1.82) is 0 Å². The minimum Gasteiger partial charge on any atom is -0.322 e. The predicted octanol–water partition coefficient (Wildman–Crippen LogP) is 3.91. The molecule has 1 N–H and O–H groups in total. The van der Waals surface area contributed by atoms with Gasteiger partial charge >= 0.3 is 0 Å². The molecule has 2 aromatic carbocycles. The molecule has 0 aliphatic carbocycles. The van der Waals surface area contributed by atoms with E-state index >= 15 is 0 Å². The Morgan fingerprint density at radius 2 is 1.83 bits per heavy atom. The fourth-order valence-electron chi connectivity index (χ4n) is 2.02. The first-order valence-corrected chi connectivity index (χ1v) is 9.53. The molecule has 0 saturated carbocycles. The van der Waals surface area contributed by atoms with E-state index in [0.717, 1.165) is 8.78 Å². The molecule has 128 valence electrons. The SMILES string of the molecule is Cc1ccc(NC(=O)c2ccc(Br)cc2Cl)cc1S(=O)(=O)N(C)C. The largest absolute Gasteiger partial charge is 0.322 e. The highest BCUT2D eigenvalue weighted by molar-refractivity contribution is 9.10. The second kappa shape index (κ2) is 7.23. The van der Waals surface area contributed by atoms with Crippen molar-refractivity contribution in [2.45, 2.75) is 11.8 Å². The van der Waals surface area contributed by atoms with Crippen LogP contribution < -0.4 is 5.32 Å². The van der Waals surface area contributed by atoms with Crippen molar-refractivity contribution in [2.24, 2.45) is 0 Å². The molecule has 8 heteroatoms. The quantitative estimate of drug-likeness (QED) is 0.798. The molecule has 2 rings (SSSR count). The summed E-state index contributed by atoms with van der Waals surface area (Å²) < 4.78 is 26.6. The van der Waals surface area contributed by atoms with E-state index in [9.17, 15) is 13.2 Å². The van der Waals surface area contributed by atoms with Crippen molar-refractivity contribution in [3.8, 4) is 0 Å². The van der Waals surface area contributed by atoms with Gasteiger partial charge in [-0.05, 0) is 42.8 Å². The lowest BCUT2D eigenvalue weighted by Gasteiger charge is -2.15. The third-order valence-electron chi connectivity index (χ3n) is 3.38. The summed E-state index contributed by atoms with van der Waals surface area (Å²) in [5.74, 6) is -0.412. The van der Waals surface area contributed by atoms with Gasteiger partial charge in [-0.15, -0.1) is 0 Å². The standard InChI is InChI=1S/C16H16BrClN2O3S/c1-10-4-6-12(9-15(10)24(22,23)20(2)3)19-16(21)13-7-5-11(17)8-14(13)18/h4-9H,1-3H3,(H,19,21). The number of aryl methyl sites for hydroxylation is 1. The van der Waals surface area contributed by atoms with Gasteiger partial charge in [-0.1, -0.05) is 33.6 Å². The van der Waals surface area contributed by atoms with E-state index in [1.54, 1.807) is 37.3 Å². The number of carbonyl (C=O) groups is 1. The zero-order valence-corrected chi connectivity index (χ0v) is 16.5. The Hall–Kier alpha value is -1.41. The van der Waals surface area contributed by atoms with Crippen LogP contribution in [0.4, 0.5) is 5.69 Å². The summed E-state index contributed by atoms with van der Waals surface area (Å²) in [5, 5.41) is 2.98. The van der Waals surface area contributed by atoms with E-state index in [2.05, 4.69) is 21.2 Å². The summed E-state index contributed by atoms with van der Waals surface area (Å²) in [7, 11) is -0.675. The molecule has 0 aliphatic heterocycles. The smallest absolute Gasteiger partial charge is 0.257 e. The molecular weight excluding hydrogens is 416 g/mol. The van der Waals surface area contributed by atoms with Crippen LogP contribution in [0.15, 0.2) is 45.8 Å². The number of carbonyl (C=O) groups excluding carboxylic acids is 1. The van der Waals surface area contributed by atoms with Crippen molar-refractivity contribution in [2.75, 3.05) is 19.4 Å². The van der Waals surface area contributed by atoms with Gasteiger partial charge in [-0.2, -0.15) is 0 Å². The average Bonchev–Trinajstić information content (AvgIpc) is 2.48. The molecule has 0 unspecified atom stereocenters. The number of hydrogen-bond donors (Lipinski definition) is 1. The lowest BCUT2D eigenvalue weighted by atomic mass is 10.2. The number of halogens is 2. The fourth-order valence-corrected chi connectivity index (χ4v) is 3.93. The Morgan fingerprint density at radius 3 is 2.42 bits per heavy atom.